The fraction of sp³-hybridized carbons (Fsp3) is 0.625. The van der Waals surface area contributed by atoms with Gasteiger partial charge in [-0.3, -0.25) is 4.79 Å². The lowest BCUT2D eigenvalue weighted by atomic mass is 9.49. The Bertz CT molecular complexity index is 860. The quantitative estimate of drug-likeness (QED) is 0.740. The first-order valence-corrected chi connectivity index (χ1v) is 11.0. The second kappa shape index (κ2) is 6.27. The third kappa shape index (κ3) is 2.33. The number of carbonyl (C=O) groups is 1. The highest BCUT2D eigenvalue weighted by Crippen LogP contribution is 2.65. The van der Waals surface area contributed by atoms with Gasteiger partial charge < -0.3 is 4.90 Å². The predicted octanol–water partition coefficient (Wildman–Crippen LogP) is 4.85. The molecule has 2 heterocycles. The minimum atomic E-state index is 0.160. The fourth-order valence-electron chi connectivity index (χ4n) is 7.25. The highest BCUT2D eigenvalue weighted by atomic mass is 16.2. The molecule has 4 aliphatic rings. The van der Waals surface area contributed by atoms with E-state index in [-0.39, 0.29) is 10.8 Å². The Kier molecular flexibility index (Phi) is 4.05. The number of piperidine rings is 1. The summed E-state index contributed by atoms with van der Waals surface area (Å²) in [6.07, 6.45) is 17.0. The number of fused-ring (bicyclic) bond motifs is 5. The van der Waals surface area contributed by atoms with Crippen molar-refractivity contribution < 1.29 is 4.79 Å². The van der Waals surface area contributed by atoms with Crippen molar-refractivity contribution >= 4 is 11.5 Å². The van der Waals surface area contributed by atoms with Crippen molar-refractivity contribution in [2.75, 3.05) is 6.54 Å². The summed E-state index contributed by atoms with van der Waals surface area (Å²) in [5.41, 5.74) is 4.38. The van der Waals surface area contributed by atoms with E-state index >= 15 is 0 Å². The number of likely N-dealkylation sites (tertiary alicyclic amines) is 1. The molecule has 28 heavy (non-hydrogen) atoms. The molecule has 1 saturated carbocycles. The van der Waals surface area contributed by atoms with Crippen LogP contribution in [0.15, 0.2) is 36.6 Å². The molecule has 5 rings (SSSR count). The van der Waals surface area contributed by atoms with E-state index in [4.69, 9.17) is 0 Å². The molecule has 3 aliphatic carbocycles. The van der Waals surface area contributed by atoms with Gasteiger partial charge in [-0.05, 0) is 67.8 Å². The van der Waals surface area contributed by atoms with Crippen LogP contribution in [0.5, 0.6) is 0 Å². The zero-order chi connectivity index (χ0) is 19.5. The molecule has 4 nitrogen and oxygen atoms in total. The number of hydrogen-bond donors (Lipinski definition) is 0. The van der Waals surface area contributed by atoms with E-state index in [1.807, 2.05) is 12.4 Å². The van der Waals surface area contributed by atoms with Gasteiger partial charge >= 0.3 is 0 Å². The normalized spacial score (nSPS) is 39.6. The zero-order valence-corrected chi connectivity index (χ0v) is 17.3. The molecule has 0 unspecified atom stereocenters. The third-order valence-electron chi connectivity index (χ3n) is 8.64. The molecule has 5 atom stereocenters. The van der Waals surface area contributed by atoms with Gasteiger partial charge in [0.15, 0.2) is 0 Å². The molecule has 2 fully saturated rings. The molecule has 1 amide bonds. The maximum absolute atomic E-state index is 12.5. The van der Waals surface area contributed by atoms with Crippen molar-refractivity contribution in [2.24, 2.45) is 28.6 Å². The third-order valence-corrected chi connectivity index (χ3v) is 8.64. The predicted molar refractivity (Wildman–Crippen MR) is 110 cm³/mol. The lowest BCUT2D eigenvalue weighted by Gasteiger charge is -2.58. The fourth-order valence-corrected chi connectivity index (χ4v) is 7.25. The summed E-state index contributed by atoms with van der Waals surface area (Å²) >= 11 is 0. The smallest absolute Gasteiger partial charge is 0.226 e. The van der Waals surface area contributed by atoms with E-state index in [9.17, 15) is 4.79 Å². The number of nitrogens with zero attached hydrogens (tertiary/aromatic N) is 3. The summed E-state index contributed by atoms with van der Waals surface area (Å²) in [5.74, 6) is 2.40. The average Bonchev–Trinajstić information content (AvgIpc) is 3.06. The Hall–Kier alpha value is -1.97. The maximum Gasteiger partial charge on any atom is 0.226 e. The Morgan fingerprint density at radius 1 is 1.07 bits per heavy atom. The van der Waals surface area contributed by atoms with Gasteiger partial charge in [-0.15, -0.1) is 0 Å². The lowest BCUT2D eigenvalue weighted by molar-refractivity contribution is -0.136. The number of amides is 1. The van der Waals surface area contributed by atoms with Crippen LogP contribution in [-0.4, -0.2) is 27.3 Å². The van der Waals surface area contributed by atoms with Crippen molar-refractivity contribution in [2.45, 2.75) is 59.3 Å². The van der Waals surface area contributed by atoms with Crippen molar-refractivity contribution in [3.8, 4) is 0 Å². The summed E-state index contributed by atoms with van der Waals surface area (Å²) in [6, 6.07) is 0. The molecule has 0 bridgehead atoms. The topological polar surface area (TPSA) is 46.1 Å². The first kappa shape index (κ1) is 18.1. The van der Waals surface area contributed by atoms with E-state index in [0.717, 1.165) is 25.8 Å². The molecule has 1 aromatic heterocycles. The number of aromatic nitrogens is 2. The second-order valence-electron chi connectivity index (χ2n) is 9.69. The van der Waals surface area contributed by atoms with Crippen LogP contribution >= 0.6 is 0 Å². The number of hydrogen-bond acceptors (Lipinski definition) is 3. The molecule has 0 spiro atoms. The molecule has 1 aliphatic heterocycles. The van der Waals surface area contributed by atoms with Gasteiger partial charge in [0.2, 0.25) is 5.91 Å². The van der Waals surface area contributed by atoms with Gasteiger partial charge in [0.05, 0.1) is 0 Å². The number of carbonyl (C=O) groups excluding carboxylic acids is 1. The van der Waals surface area contributed by atoms with Crippen LogP contribution in [0, 0.1) is 28.6 Å². The van der Waals surface area contributed by atoms with Gasteiger partial charge in [0, 0.05) is 42.0 Å². The standard InChI is InChI=1S/C24H31N3O/c1-4-27-21-8-5-17-19-7-6-18(16-13-25-15-26-14-16)23(19,2)11-9-20(17)24(21,3)12-10-22(27)28/h6,8,13-15,17,19-20H,4-5,7,9-12H2,1-3H3/t17-,19-,20-,23+,24+/m0/s1. The second-order valence-corrected chi connectivity index (χ2v) is 9.69. The maximum atomic E-state index is 12.5. The molecular formula is C24H31N3O. The number of rotatable bonds is 2. The molecule has 148 valence electrons. The Labute approximate surface area is 168 Å². The van der Waals surface area contributed by atoms with E-state index in [0.29, 0.717) is 30.1 Å². The molecular weight excluding hydrogens is 346 g/mol. The van der Waals surface area contributed by atoms with Crippen LogP contribution in [-0.2, 0) is 4.79 Å². The van der Waals surface area contributed by atoms with Gasteiger partial charge in [0.1, 0.15) is 6.33 Å². The zero-order valence-electron chi connectivity index (χ0n) is 17.3. The SMILES string of the molecule is CCN1C(=O)CC[C@@]2(C)C1=CC[C@@H]1[C@@H]2CC[C@]2(C)C(c3cncnc3)=CC[C@@H]12. The molecule has 0 radical (unpaired) electrons. The van der Waals surface area contributed by atoms with Gasteiger partial charge in [-0.2, -0.15) is 0 Å². The van der Waals surface area contributed by atoms with E-state index in [1.165, 1.54) is 29.7 Å². The van der Waals surface area contributed by atoms with Crippen LogP contribution in [0.1, 0.15) is 64.9 Å². The Balaban J connectivity index is 1.49. The van der Waals surface area contributed by atoms with Gasteiger partial charge in [0.25, 0.3) is 0 Å². The summed E-state index contributed by atoms with van der Waals surface area (Å²) in [4.78, 5) is 23.1. The van der Waals surface area contributed by atoms with Gasteiger partial charge in [-0.1, -0.05) is 26.0 Å². The average molecular weight is 378 g/mol. The molecule has 0 aromatic carbocycles. The molecule has 4 heteroatoms. The van der Waals surface area contributed by atoms with Crippen molar-refractivity contribution in [3.63, 3.8) is 0 Å². The van der Waals surface area contributed by atoms with Crippen LogP contribution in [0.25, 0.3) is 5.57 Å². The minimum absolute atomic E-state index is 0.160. The van der Waals surface area contributed by atoms with Gasteiger partial charge in [-0.25, -0.2) is 9.97 Å². The number of allylic oxidation sites excluding steroid dienone is 4. The Morgan fingerprint density at radius 3 is 2.61 bits per heavy atom. The van der Waals surface area contributed by atoms with Crippen LogP contribution < -0.4 is 0 Å². The van der Waals surface area contributed by atoms with Crippen LogP contribution in [0.4, 0.5) is 0 Å². The first-order valence-electron chi connectivity index (χ1n) is 11.0. The lowest BCUT2D eigenvalue weighted by Crippen LogP contribution is -2.53. The summed E-state index contributed by atoms with van der Waals surface area (Å²) in [7, 11) is 0. The molecule has 1 saturated heterocycles. The first-order chi connectivity index (χ1) is 13.5. The summed E-state index contributed by atoms with van der Waals surface area (Å²) in [5, 5.41) is 0. The van der Waals surface area contributed by atoms with Crippen molar-refractivity contribution in [3.05, 3.63) is 42.1 Å². The molecule has 1 aromatic rings. The van der Waals surface area contributed by atoms with E-state index < -0.39 is 0 Å². The highest BCUT2D eigenvalue weighted by Gasteiger charge is 2.57. The van der Waals surface area contributed by atoms with E-state index in [1.54, 1.807) is 6.33 Å². The monoisotopic (exact) mass is 377 g/mol. The van der Waals surface area contributed by atoms with Crippen LogP contribution in [0.3, 0.4) is 0 Å². The highest BCUT2D eigenvalue weighted by molar-refractivity contribution is 5.80. The summed E-state index contributed by atoms with van der Waals surface area (Å²) in [6.45, 7) is 7.84. The molecule has 0 N–H and O–H groups in total. The van der Waals surface area contributed by atoms with Crippen LogP contribution in [0.2, 0.25) is 0 Å². The Morgan fingerprint density at radius 2 is 1.86 bits per heavy atom. The largest absolute Gasteiger partial charge is 0.316 e. The minimum Gasteiger partial charge on any atom is -0.316 e. The van der Waals surface area contributed by atoms with Crippen molar-refractivity contribution in [1.29, 1.82) is 0 Å². The van der Waals surface area contributed by atoms with Crippen molar-refractivity contribution in [1.82, 2.24) is 14.9 Å². The van der Waals surface area contributed by atoms with E-state index in [2.05, 4.69) is 47.8 Å². The summed E-state index contributed by atoms with van der Waals surface area (Å²) < 4.78 is 0.